The summed E-state index contributed by atoms with van der Waals surface area (Å²) in [7, 11) is -2.10. The van der Waals surface area contributed by atoms with E-state index in [1.807, 2.05) is 0 Å². The molecule has 1 aromatic rings. The second-order valence-corrected chi connectivity index (χ2v) is 11.1. The van der Waals surface area contributed by atoms with Gasteiger partial charge in [-0.25, -0.2) is 16.8 Å². The third kappa shape index (κ3) is 5.02. The van der Waals surface area contributed by atoms with Crippen LogP contribution in [0.25, 0.3) is 0 Å². The molecule has 0 aliphatic carbocycles. The molecule has 5 nitrogen and oxygen atoms in total. The lowest BCUT2D eigenvalue weighted by Gasteiger charge is -2.19. The zero-order valence-corrected chi connectivity index (χ0v) is 14.9. The molecule has 21 heavy (non-hydrogen) atoms. The van der Waals surface area contributed by atoms with Crippen LogP contribution in [0.3, 0.4) is 0 Å². The average molecular weight is 375 g/mol. The summed E-state index contributed by atoms with van der Waals surface area (Å²) in [6.07, 6.45) is 0. The van der Waals surface area contributed by atoms with Crippen molar-refractivity contribution in [1.82, 2.24) is 0 Å². The van der Waals surface area contributed by atoms with Gasteiger partial charge in [-0.2, -0.15) is 0 Å². The highest BCUT2D eigenvalue weighted by molar-refractivity contribution is 8.13. The molecule has 0 fully saturated rings. The molecule has 120 valence electrons. The largest absolute Gasteiger partial charge is 0.491 e. The molecule has 0 atom stereocenters. The summed E-state index contributed by atoms with van der Waals surface area (Å²) in [5.41, 5.74) is 0. The monoisotopic (exact) mass is 374 g/mol. The van der Waals surface area contributed by atoms with Crippen molar-refractivity contribution in [3.05, 3.63) is 23.2 Å². The minimum Gasteiger partial charge on any atom is -0.491 e. The van der Waals surface area contributed by atoms with Gasteiger partial charge in [-0.1, -0.05) is 11.6 Å². The molecule has 1 aromatic carbocycles. The topological polar surface area (TPSA) is 77.5 Å². The number of sulfone groups is 1. The third-order valence-electron chi connectivity index (χ3n) is 2.71. The molecular formula is C12H16Cl2O5S2. The molecule has 0 aliphatic heterocycles. The van der Waals surface area contributed by atoms with Crippen molar-refractivity contribution >= 4 is 41.2 Å². The molecule has 0 saturated heterocycles. The van der Waals surface area contributed by atoms with Crippen LogP contribution in [-0.4, -0.2) is 33.9 Å². The Morgan fingerprint density at radius 3 is 2.19 bits per heavy atom. The van der Waals surface area contributed by atoms with Crippen molar-refractivity contribution in [2.75, 3.05) is 12.4 Å². The summed E-state index contributed by atoms with van der Waals surface area (Å²) in [4.78, 5) is -0.287. The molecule has 0 aliphatic rings. The predicted molar refractivity (Wildman–Crippen MR) is 83.5 cm³/mol. The molecule has 0 saturated carbocycles. The van der Waals surface area contributed by atoms with Gasteiger partial charge in [-0.05, 0) is 39.0 Å². The fraction of sp³-hybridized carbons (Fsp3) is 0.500. The Morgan fingerprint density at radius 1 is 1.14 bits per heavy atom. The Morgan fingerprint density at radius 2 is 1.71 bits per heavy atom. The summed E-state index contributed by atoms with van der Waals surface area (Å²) in [5, 5.41) is 0.184. The van der Waals surface area contributed by atoms with E-state index in [1.165, 1.54) is 12.1 Å². The van der Waals surface area contributed by atoms with Crippen LogP contribution in [0.5, 0.6) is 5.75 Å². The summed E-state index contributed by atoms with van der Waals surface area (Å²) < 4.78 is 51.1. The van der Waals surface area contributed by atoms with Crippen LogP contribution in [0.2, 0.25) is 5.02 Å². The van der Waals surface area contributed by atoms with E-state index in [2.05, 4.69) is 0 Å². The van der Waals surface area contributed by atoms with Crippen molar-refractivity contribution in [1.29, 1.82) is 0 Å². The maximum Gasteiger partial charge on any atom is 0.265 e. The molecule has 0 radical (unpaired) electrons. The Kier molecular flexibility index (Phi) is 5.58. The van der Waals surface area contributed by atoms with Gasteiger partial charge in [-0.3, -0.25) is 0 Å². The van der Waals surface area contributed by atoms with E-state index in [4.69, 9.17) is 27.0 Å². The lowest BCUT2D eigenvalue weighted by atomic mass is 10.3. The van der Waals surface area contributed by atoms with Crippen LogP contribution in [0.1, 0.15) is 20.8 Å². The minimum atomic E-state index is -4.04. The summed E-state index contributed by atoms with van der Waals surface area (Å²) in [5.74, 6) is -0.264. The van der Waals surface area contributed by atoms with Crippen LogP contribution in [-0.2, 0) is 18.9 Å². The van der Waals surface area contributed by atoms with E-state index >= 15 is 0 Å². The number of benzene rings is 1. The van der Waals surface area contributed by atoms with E-state index < -0.39 is 23.6 Å². The Balaban J connectivity index is 2.92. The SMILES string of the molecule is CC(C)(C)S(=O)(=O)CCOc1ccc(Cl)cc1S(=O)(=O)Cl. The predicted octanol–water partition coefficient (Wildman–Crippen LogP) is 2.86. The number of rotatable bonds is 5. The number of hydrogen-bond donors (Lipinski definition) is 0. The number of hydrogen-bond acceptors (Lipinski definition) is 5. The van der Waals surface area contributed by atoms with Gasteiger partial charge < -0.3 is 4.74 Å². The zero-order valence-electron chi connectivity index (χ0n) is 11.8. The third-order valence-corrected chi connectivity index (χ3v) is 6.86. The van der Waals surface area contributed by atoms with E-state index in [9.17, 15) is 16.8 Å². The van der Waals surface area contributed by atoms with Crippen LogP contribution in [0.4, 0.5) is 0 Å². The minimum absolute atomic E-state index is 0.0292. The Bertz CT molecular complexity index is 719. The molecule has 1 rings (SSSR count). The molecule has 0 aromatic heterocycles. The van der Waals surface area contributed by atoms with E-state index in [0.717, 1.165) is 6.07 Å². The van der Waals surface area contributed by atoms with Crippen LogP contribution >= 0.6 is 22.3 Å². The molecule has 0 bridgehead atoms. The second kappa shape index (κ2) is 6.32. The Hall–Kier alpha value is -0.500. The fourth-order valence-corrected chi connectivity index (χ4v) is 3.51. The van der Waals surface area contributed by atoms with Gasteiger partial charge in [0.25, 0.3) is 9.05 Å². The fourth-order valence-electron chi connectivity index (χ4n) is 1.36. The number of ether oxygens (including phenoxy) is 1. The van der Waals surface area contributed by atoms with Gasteiger partial charge in [0.15, 0.2) is 9.84 Å². The van der Waals surface area contributed by atoms with Crippen molar-refractivity contribution in [2.24, 2.45) is 0 Å². The van der Waals surface area contributed by atoms with E-state index in [1.54, 1.807) is 20.8 Å². The highest BCUT2D eigenvalue weighted by atomic mass is 35.7. The van der Waals surface area contributed by atoms with Crippen LogP contribution in [0, 0.1) is 0 Å². The van der Waals surface area contributed by atoms with Gasteiger partial charge in [0.2, 0.25) is 0 Å². The van der Waals surface area contributed by atoms with Crippen LogP contribution in [0.15, 0.2) is 23.1 Å². The number of halogens is 2. The van der Waals surface area contributed by atoms with E-state index in [-0.39, 0.29) is 28.0 Å². The summed E-state index contributed by atoms with van der Waals surface area (Å²) >= 11 is 5.71. The molecule has 0 amide bonds. The average Bonchev–Trinajstić information content (AvgIpc) is 2.28. The van der Waals surface area contributed by atoms with Gasteiger partial charge in [0.1, 0.15) is 17.3 Å². The smallest absolute Gasteiger partial charge is 0.265 e. The summed E-state index contributed by atoms with van der Waals surface area (Å²) in [6, 6.07) is 3.92. The standard InChI is InChI=1S/C12H16Cl2O5S2/c1-12(2,3)20(15,16)7-6-19-10-5-4-9(13)8-11(10)21(14,17)18/h4-5,8H,6-7H2,1-3H3. The first kappa shape index (κ1) is 18.5. The van der Waals surface area contributed by atoms with Crippen molar-refractivity contribution in [3.8, 4) is 5.75 Å². The Labute approximate surface area is 134 Å². The lowest BCUT2D eigenvalue weighted by molar-refractivity contribution is 0.331. The van der Waals surface area contributed by atoms with Gasteiger partial charge in [0.05, 0.1) is 10.5 Å². The molecule has 9 heteroatoms. The molecule has 0 N–H and O–H groups in total. The van der Waals surface area contributed by atoms with Crippen molar-refractivity contribution in [2.45, 2.75) is 30.4 Å². The van der Waals surface area contributed by atoms with Crippen molar-refractivity contribution in [3.63, 3.8) is 0 Å². The normalized spacial score (nSPS) is 13.2. The van der Waals surface area contributed by atoms with Gasteiger partial charge in [0, 0.05) is 15.7 Å². The first-order valence-electron chi connectivity index (χ1n) is 5.94. The van der Waals surface area contributed by atoms with Gasteiger partial charge in [-0.15, -0.1) is 0 Å². The molecule has 0 heterocycles. The first-order chi connectivity index (χ1) is 9.34. The summed E-state index contributed by atoms with van der Waals surface area (Å²) in [6.45, 7) is 4.57. The van der Waals surface area contributed by atoms with Gasteiger partial charge >= 0.3 is 0 Å². The highest BCUT2D eigenvalue weighted by Gasteiger charge is 2.29. The zero-order chi connectivity index (χ0) is 16.5. The maximum absolute atomic E-state index is 11.9. The molecule has 0 spiro atoms. The lowest BCUT2D eigenvalue weighted by Crippen LogP contribution is -2.32. The molecule has 0 unspecified atom stereocenters. The maximum atomic E-state index is 11.9. The molecular weight excluding hydrogens is 359 g/mol. The first-order valence-corrected chi connectivity index (χ1v) is 10.3. The van der Waals surface area contributed by atoms with Crippen LogP contribution < -0.4 is 4.74 Å². The van der Waals surface area contributed by atoms with Crippen molar-refractivity contribution < 1.29 is 21.6 Å². The second-order valence-electron chi connectivity index (χ2n) is 5.31. The quantitative estimate of drug-likeness (QED) is 0.740. The highest BCUT2D eigenvalue weighted by Crippen LogP contribution is 2.30. The van der Waals surface area contributed by atoms with E-state index in [0.29, 0.717) is 0 Å².